The van der Waals surface area contributed by atoms with Crippen LogP contribution in [0, 0.1) is 17.3 Å². The third-order valence-electron chi connectivity index (χ3n) is 7.26. The molecule has 1 N–H and O–H groups in total. The van der Waals surface area contributed by atoms with E-state index in [4.69, 9.17) is 9.47 Å². The van der Waals surface area contributed by atoms with E-state index in [1.807, 2.05) is 0 Å². The summed E-state index contributed by atoms with van der Waals surface area (Å²) in [6, 6.07) is 0. The van der Waals surface area contributed by atoms with Gasteiger partial charge in [0.1, 0.15) is 12.1 Å². The number of carbonyl (C=O) groups is 3. The Kier molecular flexibility index (Phi) is 7.93. The zero-order valence-corrected chi connectivity index (χ0v) is 20.3. The van der Waals surface area contributed by atoms with Gasteiger partial charge in [-0.1, -0.05) is 26.2 Å². The van der Waals surface area contributed by atoms with Gasteiger partial charge >= 0.3 is 12.2 Å². The Labute approximate surface area is 192 Å². The Bertz CT molecular complexity index is 670. The number of hydrogen-bond acceptors (Lipinski definition) is 5. The molecule has 3 fully saturated rings. The molecular weight excluding hydrogens is 410 g/mol. The first-order valence-corrected chi connectivity index (χ1v) is 12.3. The van der Waals surface area contributed by atoms with Gasteiger partial charge in [-0.15, -0.1) is 0 Å². The number of fused-ring (bicyclic) bond motifs is 2. The summed E-state index contributed by atoms with van der Waals surface area (Å²) in [6.45, 7) is 9.71. The summed E-state index contributed by atoms with van der Waals surface area (Å²) in [5.74, 6) is 1.41. The predicted molar refractivity (Wildman–Crippen MR) is 121 cm³/mol. The van der Waals surface area contributed by atoms with Gasteiger partial charge in [-0.05, 0) is 58.3 Å². The number of amides is 3. The summed E-state index contributed by atoms with van der Waals surface area (Å²) >= 11 is 0. The van der Waals surface area contributed by atoms with Crippen molar-refractivity contribution in [2.45, 2.75) is 78.2 Å². The summed E-state index contributed by atoms with van der Waals surface area (Å²) in [7, 11) is 0. The van der Waals surface area contributed by atoms with Gasteiger partial charge in [-0.25, -0.2) is 9.59 Å². The first-order valence-electron chi connectivity index (χ1n) is 12.3. The summed E-state index contributed by atoms with van der Waals surface area (Å²) in [5.41, 5.74) is -0.472. The van der Waals surface area contributed by atoms with Crippen LogP contribution in [0.3, 0.4) is 0 Å². The molecule has 2 aliphatic carbocycles. The quantitative estimate of drug-likeness (QED) is 0.687. The first-order chi connectivity index (χ1) is 15.1. The van der Waals surface area contributed by atoms with E-state index in [0.717, 1.165) is 18.3 Å². The van der Waals surface area contributed by atoms with Gasteiger partial charge in [-0.3, -0.25) is 4.79 Å². The van der Waals surface area contributed by atoms with Gasteiger partial charge in [0.05, 0.1) is 6.61 Å². The first kappa shape index (κ1) is 24.6. The van der Waals surface area contributed by atoms with Gasteiger partial charge in [0.15, 0.2) is 0 Å². The highest BCUT2D eigenvalue weighted by molar-refractivity contribution is 5.82. The number of carbonyl (C=O) groups excluding carboxylic acids is 3. The third-order valence-corrected chi connectivity index (χ3v) is 7.26. The van der Waals surface area contributed by atoms with Crippen molar-refractivity contribution in [3.05, 3.63) is 0 Å². The lowest BCUT2D eigenvalue weighted by atomic mass is 9.60. The van der Waals surface area contributed by atoms with Crippen LogP contribution in [0.1, 0.15) is 72.6 Å². The van der Waals surface area contributed by atoms with Crippen LogP contribution in [0.4, 0.5) is 9.59 Å². The van der Waals surface area contributed by atoms with E-state index in [0.29, 0.717) is 32.8 Å². The largest absolute Gasteiger partial charge is 0.449 e. The van der Waals surface area contributed by atoms with Gasteiger partial charge < -0.3 is 24.6 Å². The normalized spacial score (nSPS) is 28.1. The minimum Gasteiger partial charge on any atom is -0.449 e. The molecule has 1 heterocycles. The maximum atomic E-state index is 12.7. The maximum absolute atomic E-state index is 12.7. The van der Waals surface area contributed by atoms with Crippen molar-refractivity contribution in [2.75, 3.05) is 39.3 Å². The third kappa shape index (κ3) is 6.75. The Hall–Kier alpha value is -1.99. The van der Waals surface area contributed by atoms with E-state index in [2.05, 4.69) is 12.2 Å². The fourth-order valence-corrected chi connectivity index (χ4v) is 5.61. The van der Waals surface area contributed by atoms with Crippen LogP contribution >= 0.6 is 0 Å². The number of nitrogens with one attached hydrogen (secondary N) is 1. The van der Waals surface area contributed by atoms with Crippen LogP contribution in [0.2, 0.25) is 0 Å². The fraction of sp³-hybridized carbons (Fsp3) is 0.875. The smallest absolute Gasteiger partial charge is 0.409 e. The number of ether oxygens (including phenoxy) is 2. The molecule has 182 valence electrons. The number of nitrogens with zero attached hydrogens (tertiary/aromatic N) is 2. The molecule has 1 saturated heterocycles. The molecule has 2 atom stereocenters. The molecule has 0 aromatic heterocycles. The van der Waals surface area contributed by atoms with Crippen LogP contribution in [0.5, 0.6) is 0 Å². The molecule has 2 bridgehead atoms. The van der Waals surface area contributed by atoms with E-state index in [9.17, 15) is 14.4 Å². The second kappa shape index (κ2) is 10.3. The second-order valence-corrected chi connectivity index (χ2v) is 10.9. The second-order valence-electron chi connectivity index (χ2n) is 10.9. The highest BCUT2D eigenvalue weighted by Gasteiger charge is 2.42. The van der Waals surface area contributed by atoms with Gasteiger partial charge in [0, 0.05) is 31.6 Å². The zero-order chi connectivity index (χ0) is 23.4. The van der Waals surface area contributed by atoms with Crippen molar-refractivity contribution in [3.63, 3.8) is 0 Å². The molecular formula is C24H41N3O5. The van der Waals surface area contributed by atoms with Crippen LogP contribution in [0.25, 0.3) is 0 Å². The summed E-state index contributed by atoms with van der Waals surface area (Å²) in [5, 5.41) is 2.50. The average Bonchev–Trinajstić information content (AvgIpc) is 2.74. The molecule has 2 saturated carbocycles. The van der Waals surface area contributed by atoms with Crippen LogP contribution in [-0.4, -0.2) is 72.8 Å². The van der Waals surface area contributed by atoms with Gasteiger partial charge in [0.25, 0.3) is 0 Å². The number of rotatable bonds is 5. The number of alkyl carbamates (subject to hydrolysis) is 1. The van der Waals surface area contributed by atoms with Crippen molar-refractivity contribution in [1.29, 1.82) is 0 Å². The van der Waals surface area contributed by atoms with Gasteiger partial charge in [0.2, 0.25) is 5.91 Å². The van der Waals surface area contributed by atoms with E-state index >= 15 is 0 Å². The molecule has 8 nitrogen and oxygen atoms in total. The number of hydrogen-bond donors (Lipinski definition) is 1. The SMILES string of the molecule is CCC1(COC(=O)N2CCN(C(=O)CNC(=O)OC(C)(C)C)CC2)CC2CCCC(C2)C1. The Morgan fingerprint density at radius 3 is 2.16 bits per heavy atom. The molecule has 3 rings (SSSR count). The molecule has 8 heteroatoms. The van der Waals surface area contributed by atoms with Crippen LogP contribution in [0.15, 0.2) is 0 Å². The monoisotopic (exact) mass is 451 g/mol. The van der Waals surface area contributed by atoms with E-state index < -0.39 is 11.7 Å². The van der Waals surface area contributed by atoms with E-state index in [1.165, 1.54) is 38.5 Å². The lowest BCUT2D eigenvalue weighted by molar-refractivity contribution is -0.131. The standard InChI is InChI=1S/C24H41N3O5/c1-5-24(14-18-7-6-8-19(13-18)15-24)17-31-22(30)27-11-9-26(10-12-27)20(28)16-25-21(29)32-23(2,3)4/h18-19H,5-17H2,1-4H3,(H,25,29). The van der Waals surface area contributed by atoms with Crippen molar-refractivity contribution in [3.8, 4) is 0 Å². The minimum absolute atomic E-state index is 0.110. The maximum Gasteiger partial charge on any atom is 0.409 e. The van der Waals surface area contributed by atoms with E-state index in [1.54, 1.807) is 30.6 Å². The Morgan fingerprint density at radius 2 is 1.59 bits per heavy atom. The Morgan fingerprint density at radius 1 is 1.00 bits per heavy atom. The molecule has 0 aromatic carbocycles. The lowest BCUT2D eigenvalue weighted by Gasteiger charge is -2.47. The molecule has 32 heavy (non-hydrogen) atoms. The molecule has 3 aliphatic rings. The van der Waals surface area contributed by atoms with Crippen molar-refractivity contribution in [1.82, 2.24) is 15.1 Å². The van der Waals surface area contributed by atoms with E-state index in [-0.39, 0.29) is 24.0 Å². The van der Waals surface area contributed by atoms with Crippen LogP contribution < -0.4 is 5.32 Å². The molecule has 0 spiro atoms. The highest BCUT2D eigenvalue weighted by Crippen LogP contribution is 2.50. The molecule has 1 aliphatic heterocycles. The average molecular weight is 452 g/mol. The summed E-state index contributed by atoms with van der Waals surface area (Å²) < 4.78 is 11.0. The van der Waals surface area contributed by atoms with Crippen molar-refractivity contribution < 1.29 is 23.9 Å². The van der Waals surface area contributed by atoms with Crippen molar-refractivity contribution >= 4 is 18.1 Å². The van der Waals surface area contributed by atoms with Crippen molar-refractivity contribution in [2.24, 2.45) is 17.3 Å². The zero-order valence-electron chi connectivity index (χ0n) is 20.3. The highest BCUT2D eigenvalue weighted by atomic mass is 16.6. The molecule has 0 aromatic rings. The Balaban J connectivity index is 1.39. The van der Waals surface area contributed by atoms with Crippen LogP contribution in [-0.2, 0) is 14.3 Å². The lowest BCUT2D eigenvalue weighted by Crippen LogP contribution is -2.53. The molecule has 3 amide bonds. The predicted octanol–water partition coefficient (Wildman–Crippen LogP) is 3.79. The topological polar surface area (TPSA) is 88.2 Å². The molecule has 2 unspecified atom stereocenters. The minimum atomic E-state index is -0.607. The molecule has 0 radical (unpaired) electrons. The number of piperazine rings is 1. The summed E-state index contributed by atoms with van der Waals surface area (Å²) in [6.07, 6.45) is 7.90. The van der Waals surface area contributed by atoms with Gasteiger partial charge in [-0.2, -0.15) is 0 Å². The summed E-state index contributed by atoms with van der Waals surface area (Å²) in [4.78, 5) is 40.2. The fourth-order valence-electron chi connectivity index (χ4n) is 5.61.